The Kier molecular flexibility index (Phi) is 6.98. The molecule has 0 radical (unpaired) electrons. The smallest absolute Gasteiger partial charge is 0.163 e. The normalized spacial score (nSPS) is 15.2. The van der Waals surface area contributed by atoms with Crippen molar-refractivity contribution < 1.29 is 4.79 Å². The predicted molar refractivity (Wildman–Crippen MR) is 172 cm³/mol. The number of allylic oxidation sites excluding steroid dienone is 2. The Morgan fingerprint density at radius 3 is 2.36 bits per heavy atom. The lowest BCUT2D eigenvalue weighted by atomic mass is 9.83. The van der Waals surface area contributed by atoms with Crippen LogP contribution in [0.15, 0.2) is 121 Å². The molecule has 42 heavy (non-hydrogen) atoms. The zero-order chi connectivity index (χ0) is 28.5. The van der Waals surface area contributed by atoms with Gasteiger partial charge in [0.25, 0.3) is 0 Å². The Balaban J connectivity index is 1.17. The van der Waals surface area contributed by atoms with Gasteiger partial charge in [-0.15, -0.1) is 0 Å². The molecule has 1 aliphatic carbocycles. The maximum atomic E-state index is 13.2. The molecule has 0 saturated carbocycles. The minimum absolute atomic E-state index is 0.247. The van der Waals surface area contributed by atoms with Crippen molar-refractivity contribution in [1.29, 1.82) is 0 Å². The fourth-order valence-electron chi connectivity index (χ4n) is 5.95. The molecule has 2 aromatic heterocycles. The molecule has 0 bridgehead atoms. The van der Waals surface area contributed by atoms with Gasteiger partial charge in [0.05, 0.1) is 17.0 Å². The first-order valence-electron chi connectivity index (χ1n) is 14.2. The molecule has 0 fully saturated rings. The van der Waals surface area contributed by atoms with Crippen LogP contribution in [0.4, 0.5) is 0 Å². The summed E-state index contributed by atoms with van der Waals surface area (Å²) in [6.45, 7) is 0. The number of carbonyl (C=O) groups excluding carboxylic acids is 1. The fraction of sp³-hybridized carbons (Fsp3) is 0.139. The molecule has 0 saturated heterocycles. The van der Waals surface area contributed by atoms with Crippen LogP contribution in [0.3, 0.4) is 0 Å². The van der Waals surface area contributed by atoms with Gasteiger partial charge in [0, 0.05) is 46.2 Å². The van der Waals surface area contributed by atoms with Gasteiger partial charge in [-0.3, -0.25) is 4.79 Å². The van der Waals surface area contributed by atoms with Crippen LogP contribution < -0.4 is 0 Å². The van der Waals surface area contributed by atoms with Crippen molar-refractivity contribution in [3.8, 4) is 17.1 Å². The van der Waals surface area contributed by atoms with E-state index in [0.717, 1.165) is 39.1 Å². The van der Waals surface area contributed by atoms with Crippen molar-refractivity contribution in [1.82, 2.24) is 19.5 Å². The summed E-state index contributed by atoms with van der Waals surface area (Å²) in [5.41, 5.74) is 6.53. The molecule has 2 heterocycles. The van der Waals surface area contributed by atoms with Gasteiger partial charge in [0.1, 0.15) is 17.9 Å². The van der Waals surface area contributed by atoms with Crippen LogP contribution in [0.1, 0.15) is 36.6 Å². The Bertz CT molecular complexity index is 1980. The molecule has 204 valence electrons. The maximum absolute atomic E-state index is 13.2. The van der Waals surface area contributed by atoms with Crippen LogP contribution in [0, 0.1) is 0 Å². The van der Waals surface area contributed by atoms with E-state index in [1.54, 1.807) is 6.33 Å². The molecular formula is C36H28N4OS. The lowest BCUT2D eigenvalue weighted by Crippen LogP contribution is -2.17. The highest BCUT2D eigenvalue weighted by atomic mass is 32.1. The average molecular weight is 565 g/mol. The zero-order valence-electron chi connectivity index (χ0n) is 23.0. The molecule has 0 N–H and O–H groups in total. The highest BCUT2D eigenvalue weighted by Gasteiger charge is 2.25. The molecule has 5 nitrogen and oxygen atoms in total. The van der Waals surface area contributed by atoms with Crippen LogP contribution >= 0.6 is 12.2 Å². The molecule has 0 amide bonds. The minimum Gasteiger partial charge on any atom is -0.309 e. The summed E-state index contributed by atoms with van der Waals surface area (Å²) >= 11 is 5.80. The van der Waals surface area contributed by atoms with Crippen LogP contribution in [-0.2, 0) is 11.2 Å². The first kappa shape index (κ1) is 26.1. The number of benzene rings is 4. The third-order valence-electron chi connectivity index (χ3n) is 7.95. The van der Waals surface area contributed by atoms with E-state index in [0.29, 0.717) is 30.9 Å². The summed E-state index contributed by atoms with van der Waals surface area (Å²) < 4.78 is 2.29. The van der Waals surface area contributed by atoms with Gasteiger partial charge in [-0.1, -0.05) is 103 Å². The summed E-state index contributed by atoms with van der Waals surface area (Å²) in [6.07, 6.45) is 6.08. The summed E-state index contributed by atoms with van der Waals surface area (Å²) in [5.74, 6) is 1.27. The molecule has 1 atom stereocenters. The number of ketones is 1. The highest BCUT2D eigenvalue weighted by Crippen LogP contribution is 2.36. The Morgan fingerprint density at radius 1 is 0.786 bits per heavy atom. The maximum Gasteiger partial charge on any atom is 0.163 e. The minimum atomic E-state index is -0.287. The van der Waals surface area contributed by atoms with Crippen molar-refractivity contribution in [2.75, 3.05) is 0 Å². The zero-order valence-corrected chi connectivity index (χ0v) is 23.8. The van der Waals surface area contributed by atoms with Crippen LogP contribution in [0.2, 0.25) is 0 Å². The first-order valence-corrected chi connectivity index (χ1v) is 14.6. The number of hydrogen-bond acceptors (Lipinski definition) is 5. The van der Waals surface area contributed by atoms with Crippen molar-refractivity contribution in [3.05, 3.63) is 132 Å². The molecular weight excluding hydrogens is 536 g/mol. The van der Waals surface area contributed by atoms with Crippen molar-refractivity contribution in [2.24, 2.45) is 0 Å². The number of fused-ring (bicyclic) bond motifs is 3. The van der Waals surface area contributed by atoms with Crippen molar-refractivity contribution in [2.45, 2.75) is 31.6 Å². The standard InChI is InChI=1S/C36H28N4OS/c41-34-18-15-24(19-28(42)22-35-37-23-38-36(39-35)25-9-3-1-4-10-25)20-31(34)26-16-17-30-29-13-7-8-14-32(29)40(33(30)21-26)27-11-5-2-6-12-27/h1-14,16-17,20-21,23,31H,15,18-19,22H2. The second kappa shape index (κ2) is 11.2. The summed E-state index contributed by atoms with van der Waals surface area (Å²) in [7, 11) is 0. The molecule has 0 aliphatic heterocycles. The summed E-state index contributed by atoms with van der Waals surface area (Å²) in [6, 6.07) is 35.2. The monoisotopic (exact) mass is 564 g/mol. The number of para-hydroxylation sites is 2. The van der Waals surface area contributed by atoms with E-state index >= 15 is 0 Å². The molecule has 7 rings (SSSR count). The van der Waals surface area contributed by atoms with Gasteiger partial charge in [0.15, 0.2) is 5.82 Å². The van der Waals surface area contributed by atoms with Crippen molar-refractivity contribution >= 4 is 44.7 Å². The number of hydrogen-bond donors (Lipinski definition) is 0. The van der Waals surface area contributed by atoms with E-state index in [2.05, 4.69) is 92.3 Å². The Labute approximate surface area is 249 Å². The molecule has 6 aromatic rings. The van der Waals surface area contributed by atoms with E-state index in [1.807, 2.05) is 36.4 Å². The van der Waals surface area contributed by atoms with Gasteiger partial charge < -0.3 is 4.57 Å². The lowest BCUT2D eigenvalue weighted by Gasteiger charge is -2.21. The van der Waals surface area contributed by atoms with Gasteiger partial charge in [0.2, 0.25) is 0 Å². The number of rotatable bonds is 7. The quantitative estimate of drug-likeness (QED) is 0.145. The van der Waals surface area contributed by atoms with Gasteiger partial charge in [-0.2, -0.15) is 0 Å². The average Bonchev–Trinajstić information content (AvgIpc) is 3.36. The second-order valence-corrected chi connectivity index (χ2v) is 11.3. The Morgan fingerprint density at radius 2 is 1.52 bits per heavy atom. The van der Waals surface area contributed by atoms with Crippen LogP contribution in [0.5, 0.6) is 0 Å². The van der Waals surface area contributed by atoms with E-state index < -0.39 is 0 Å². The number of Topliss-reactive ketones (excluding diaryl/α,β-unsaturated/α-hetero) is 1. The Hall–Kier alpha value is -4.81. The number of thiocarbonyl (C=S) groups is 1. The summed E-state index contributed by atoms with van der Waals surface area (Å²) in [4.78, 5) is 27.4. The second-order valence-electron chi connectivity index (χ2n) is 10.7. The molecule has 4 aromatic carbocycles. The molecule has 1 unspecified atom stereocenters. The number of nitrogens with zero attached hydrogens (tertiary/aromatic N) is 4. The van der Waals surface area contributed by atoms with Gasteiger partial charge in [-0.25, -0.2) is 15.0 Å². The van der Waals surface area contributed by atoms with Crippen LogP contribution in [-0.4, -0.2) is 30.2 Å². The third kappa shape index (κ3) is 5.06. The molecule has 6 heteroatoms. The molecule has 0 spiro atoms. The van der Waals surface area contributed by atoms with E-state index in [4.69, 9.17) is 12.2 Å². The summed E-state index contributed by atoms with van der Waals surface area (Å²) in [5, 5.41) is 2.38. The number of aromatic nitrogens is 4. The van der Waals surface area contributed by atoms with Gasteiger partial charge in [-0.05, 0) is 36.2 Å². The lowest BCUT2D eigenvalue weighted by molar-refractivity contribution is -0.119. The van der Waals surface area contributed by atoms with E-state index in [9.17, 15) is 4.79 Å². The SMILES string of the molecule is O=C1CCC(CC(=S)Cc2ncnc(-c3ccccc3)n2)=CC1c1ccc2c3ccccc3n(-c3ccccc3)c2c1. The predicted octanol–water partition coefficient (Wildman–Crippen LogP) is 8.01. The largest absolute Gasteiger partial charge is 0.309 e. The number of carbonyl (C=O) groups is 1. The first-order chi connectivity index (χ1) is 20.6. The third-order valence-corrected chi connectivity index (χ3v) is 8.24. The fourth-order valence-corrected chi connectivity index (χ4v) is 6.27. The van der Waals surface area contributed by atoms with E-state index in [1.165, 1.54) is 16.3 Å². The van der Waals surface area contributed by atoms with Crippen LogP contribution in [0.25, 0.3) is 38.9 Å². The van der Waals surface area contributed by atoms with E-state index in [-0.39, 0.29) is 11.7 Å². The van der Waals surface area contributed by atoms with Gasteiger partial charge >= 0.3 is 0 Å². The highest BCUT2D eigenvalue weighted by molar-refractivity contribution is 7.80. The molecule has 1 aliphatic rings. The topological polar surface area (TPSA) is 60.7 Å². The van der Waals surface area contributed by atoms with Crippen molar-refractivity contribution in [3.63, 3.8) is 0 Å².